The molecule has 3 rings (SSSR count). The van der Waals surface area contributed by atoms with E-state index in [9.17, 15) is 0 Å². The van der Waals surface area contributed by atoms with E-state index in [4.69, 9.17) is 10.8 Å². The maximum absolute atomic E-state index is 5.65. The Kier molecular flexibility index (Phi) is 3.15. The molecule has 3 heteroatoms. The first-order chi connectivity index (χ1) is 9.19. The number of hydrogen-bond acceptors (Lipinski definition) is 2. The summed E-state index contributed by atoms with van der Waals surface area (Å²) in [5.41, 5.74) is 11.9. The zero-order chi connectivity index (χ0) is 13.4. The summed E-state index contributed by atoms with van der Waals surface area (Å²) < 4.78 is 2.12. The molecule has 100 valence electrons. The summed E-state index contributed by atoms with van der Waals surface area (Å²) in [6.45, 7) is 4.96. The lowest BCUT2D eigenvalue weighted by Gasteiger charge is -2.09. The van der Waals surface area contributed by atoms with Gasteiger partial charge in [-0.05, 0) is 62.6 Å². The zero-order valence-corrected chi connectivity index (χ0v) is 11.7. The molecule has 1 aliphatic carbocycles. The summed E-state index contributed by atoms with van der Waals surface area (Å²) in [7, 11) is 0. The van der Waals surface area contributed by atoms with Gasteiger partial charge in [0.1, 0.15) is 0 Å². The van der Waals surface area contributed by atoms with Crippen LogP contribution in [0.25, 0.3) is 5.69 Å². The van der Waals surface area contributed by atoms with E-state index in [1.807, 2.05) is 0 Å². The molecule has 1 aromatic carbocycles. The monoisotopic (exact) mass is 255 g/mol. The number of rotatable bonds is 4. The lowest BCUT2D eigenvalue weighted by molar-refractivity contribution is 0.780. The van der Waals surface area contributed by atoms with Crippen molar-refractivity contribution in [3.05, 3.63) is 46.8 Å². The lowest BCUT2D eigenvalue weighted by atomic mass is 10.1. The first kappa shape index (κ1) is 12.4. The third-order valence-electron chi connectivity index (χ3n) is 3.92. The fourth-order valence-corrected chi connectivity index (χ4v) is 2.45. The quantitative estimate of drug-likeness (QED) is 0.913. The molecule has 1 aliphatic rings. The minimum absolute atomic E-state index is 0.661. The van der Waals surface area contributed by atoms with Gasteiger partial charge in [0.15, 0.2) is 0 Å². The average Bonchev–Trinajstić information content (AvgIpc) is 3.15. The molecule has 0 radical (unpaired) electrons. The van der Waals surface area contributed by atoms with Crippen LogP contribution >= 0.6 is 0 Å². The smallest absolute Gasteiger partial charge is 0.0651 e. The molecule has 1 fully saturated rings. The molecule has 0 aliphatic heterocycles. The van der Waals surface area contributed by atoms with Crippen LogP contribution in [-0.2, 0) is 6.42 Å². The molecule has 0 bridgehead atoms. The molecule has 0 spiro atoms. The average molecular weight is 255 g/mol. The van der Waals surface area contributed by atoms with E-state index in [0.29, 0.717) is 12.5 Å². The summed E-state index contributed by atoms with van der Waals surface area (Å²) in [5, 5.41) is 4.74. The predicted octanol–water partition coefficient (Wildman–Crippen LogP) is 2.87. The lowest BCUT2D eigenvalue weighted by Crippen LogP contribution is -2.05. The number of nitrogens with zero attached hydrogens (tertiary/aromatic N) is 2. The number of benzene rings is 1. The van der Waals surface area contributed by atoms with E-state index < -0.39 is 0 Å². The van der Waals surface area contributed by atoms with Crippen LogP contribution in [-0.4, -0.2) is 16.3 Å². The van der Waals surface area contributed by atoms with Gasteiger partial charge in [0.2, 0.25) is 0 Å². The normalized spacial score (nSPS) is 14.9. The molecule has 0 atom stereocenters. The van der Waals surface area contributed by atoms with Crippen molar-refractivity contribution < 1.29 is 0 Å². The second-order valence-electron chi connectivity index (χ2n) is 5.55. The van der Waals surface area contributed by atoms with Crippen LogP contribution in [0.15, 0.2) is 24.3 Å². The maximum atomic E-state index is 5.65. The van der Waals surface area contributed by atoms with Gasteiger partial charge in [0.05, 0.1) is 11.4 Å². The Morgan fingerprint density at radius 3 is 2.63 bits per heavy atom. The van der Waals surface area contributed by atoms with Gasteiger partial charge in [0.25, 0.3) is 0 Å². The van der Waals surface area contributed by atoms with Crippen LogP contribution in [0.1, 0.15) is 41.3 Å². The van der Waals surface area contributed by atoms with Gasteiger partial charge in [0, 0.05) is 18.0 Å². The highest BCUT2D eigenvalue weighted by molar-refractivity contribution is 5.41. The van der Waals surface area contributed by atoms with Crippen molar-refractivity contribution >= 4 is 0 Å². The summed E-state index contributed by atoms with van der Waals surface area (Å²) >= 11 is 0. The van der Waals surface area contributed by atoms with E-state index in [2.05, 4.69) is 42.8 Å². The standard InChI is InChI=1S/C16H21N3/c1-11-3-6-15(9-12(11)2)19-16(13-4-5-13)10-14(18-19)7-8-17/h3,6,9-10,13H,4-5,7-8,17H2,1-2H3. The van der Waals surface area contributed by atoms with Gasteiger partial charge >= 0.3 is 0 Å². The summed E-state index contributed by atoms with van der Waals surface area (Å²) in [4.78, 5) is 0. The van der Waals surface area contributed by atoms with Crippen molar-refractivity contribution in [2.45, 2.75) is 39.0 Å². The predicted molar refractivity (Wildman–Crippen MR) is 77.8 cm³/mol. The first-order valence-electron chi connectivity index (χ1n) is 7.05. The summed E-state index contributed by atoms with van der Waals surface area (Å²) in [6, 6.07) is 8.79. The summed E-state index contributed by atoms with van der Waals surface area (Å²) in [6.07, 6.45) is 3.44. The van der Waals surface area contributed by atoms with Crippen LogP contribution in [0.3, 0.4) is 0 Å². The van der Waals surface area contributed by atoms with E-state index in [1.165, 1.54) is 35.3 Å². The Morgan fingerprint density at radius 2 is 2.00 bits per heavy atom. The molecule has 2 aromatic rings. The Hall–Kier alpha value is -1.61. The van der Waals surface area contributed by atoms with E-state index in [0.717, 1.165) is 12.1 Å². The molecule has 0 saturated heterocycles. The van der Waals surface area contributed by atoms with Crippen molar-refractivity contribution in [1.29, 1.82) is 0 Å². The van der Waals surface area contributed by atoms with Crippen LogP contribution in [0, 0.1) is 13.8 Å². The van der Waals surface area contributed by atoms with Gasteiger partial charge in [-0.25, -0.2) is 4.68 Å². The molecule has 19 heavy (non-hydrogen) atoms. The third kappa shape index (κ3) is 2.43. The Labute approximate surface area is 114 Å². The largest absolute Gasteiger partial charge is 0.330 e. The Balaban J connectivity index is 2.04. The molecular weight excluding hydrogens is 234 g/mol. The molecule has 1 heterocycles. The highest BCUT2D eigenvalue weighted by atomic mass is 15.3. The number of aryl methyl sites for hydroxylation is 2. The van der Waals surface area contributed by atoms with Crippen LogP contribution < -0.4 is 5.73 Å². The first-order valence-corrected chi connectivity index (χ1v) is 7.05. The van der Waals surface area contributed by atoms with Crippen molar-refractivity contribution in [2.24, 2.45) is 5.73 Å². The van der Waals surface area contributed by atoms with Crippen LogP contribution in [0.4, 0.5) is 0 Å². The number of hydrogen-bond donors (Lipinski definition) is 1. The highest BCUT2D eigenvalue weighted by Gasteiger charge is 2.28. The van der Waals surface area contributed by atoms with Crippen molar-refractivity contribution in [3.63, 3.8) is 0 Å². The molecule has 0 amide bonds. The van der Waals surface area contributed by atoms with Gasteiger partial charge in [-0.2, -0.15) is 5.10 Å². The van der Waals surface area contributed by atoms with Crippen molar-refractivity contribution in [1.82, 2.24) is 9.78 Å². The van der Waals surface area contributed by atoms with E-state index >= 15 is 0 Å². The fourth-order valence-electron chi connectivity index (χ4n) is 2.45. The second-order valence-corrected chi connectivity index (χ2v) is 5.55. The van der Waals surface area contributed by atoms with Gasteiger partial charge < -0.3 is 5.73 Å². The maximum Gasteiger partial charge on any atom is 0.0651 e. The van der Waals surface area contributed by atoms with Gasteiger partial charge in [-0.1, -0.05) is 6.07 Å². The van der Waals surface area contributed by atoms with E-state index in [1.54, 1.807) is 0 Å². The van der Waals surface area contributed by atoms with Crippen molar-refractivity contribution in [2.75, 3.05) is 6.54 Å². The van der Waals surface area contributed by atoms with Gasteiger partial charge in [-0.3, -0.25) is 0 Å². The topological polar surface area (TPSA) is 43.8 Å². The molecule has 3 nitrogen and oxygen atoms in total. The Morgan fingerprint density at radius 1 is 1.21 bits per heavy atom. The highest BCUT2D eigenvalue weighted by Crippen LogP contribution is 2.41. The SMILES string of the molecule is Cc1ccc(-n2nc(CCN)cc2C2CC2)cc1C. The molecule has 1 saturated carbocycles. The molecule has 1 aromatic heterocycles. The molecule has 2 N–H and O–H groups in total. The van der Waals surface area contributed by atoms with Crippen LogP contribution in [0.2, 0.25) is 0 Å². The van der Waals surface area contributed by atoms with Crippen LogP contribution in [0.5, 0.6) is 0 Å². The molecular formula is C16H21N3. The minimum atomic E-state index is 0.661. The van der Waals surface area contributed by atoms with Gasteiger partial charge in [-0.15, -0.1) is 0 Å². The second kappa shape index (κ2) is 4.82. The third-order valence-corrected chi connectivity index (χ3v) is 3.92. The minimum Gasteiger partial charge on any atom is -0.330 e. The molecule has 0 unspecified atom stereocenters. The van der Waals surface area contributed by atoms with Crippen molar-refractivity contribution in [3.8, 4) is 5.69 Å². The fraction of sp³-hybridized carbons (Fsp3) is 0.438. The number of nitrogens with two attached hydrogens (primary N) is 1. The summed E-state index contributed by atoms with van der Waals surface area (Å²) in [5.74, 6) is 0.695. The van der Waals surface area contributed by atoms with E-state index in [-0.39, 0.29) is 0 Å². The number of aromatic nitrogens is 2. The Bertz CT molecular complexity index is 594. The zero-order valence-electron chi connectivity index (χ0n) is 11.7.